The molecule has 1 unspecified atom stereocenters. The first-order valence-corrected chi connectivity index (χ1v) is 15.4. The maximum absolute atomic E-state index is 13.5. The van der Waals surface area contributed by atoms with Gasteiger partial charge < -0.3 is 24.3 Å². The van der Waals surface area contributed by atoms with Crippen molar-refractivity contribution < 1.29 is 22.3 Å². The number of nitrogens with one attached hydrogen (secondary N) is 1. The van der Waals surface area contributed by atoms with E-state index in [4.69, 9.17) is 21.7 Å². The van der Waals surface area contributed by atoms with Crippen molar-refractivity contribution in [2.45, 2.75) is 61.8 Å². The van der Waals surface area contributed by atoms with Gasteiger partial charge in [-0.05, 0) is 55.6 Å². The molecule has 1 atom stereocenters. The summed E-state index contributed by atoms with van der Waals surface area (Å²) in [4.78, 5) is 8.88. The largest absolute Gasteiger partial charge is 0.379 e. The van der Waals surface area contributed by atoms with E-state index in [0.717, 1.165) is 64.2 Å². The van der Waals surface area contributed by atoms with Crippen molar-refractivity contribution in [3.63, 3.8) is 0 Å². The molecule has 3 fully saturated rings. The number of ether oxygens (including phenoxy) is 2. The lowest BCUT2D eigenvalue weighted by Gasteiger charge is -2.31. The molecule has 1 aliphatic carbocycles. The van der Waals surface area contributed by atoms with Crippen molar-refractivity contribution in [2.75, 3.05) is 46.0 Å². The number of imidazole rings is 1. The summed E-state index contributed by atoms with van der Waals surface area (Å²) >= 11 is 5.79. The third kappa shape index (κ3) is 7.29. The molecule has 9 nitrogen and oxygen atoms in total. The van der Waals surface area contributed by atoms with Crippen molar-refractivity contribution in [3.8, 4) is 0 Å². The summed E-state index contributed by atoms with van der Waals surface area (Å²) in [7, 11) is -3.79. The topological polar surface area (TPSA) is 88.9 Å². The second kappa shape index (κ2) is 12.4. The molecule has 1 N–H and O–H groups in total. The van der Waals surface area contributed by atoms with Gasteiger partial charge in [0.25, 0.3) is 0 Å². The van der Waals surface area contributed by atoms with E-state index in [1.54, 1.807) is 10.8 Å². The van der Waals surface area contributed by atoms with Gasteiger partial charge in [-0.2, -0.15) is 0 Å². The summed E-state index contributed by atoms with van der Waals surface area (Å²) in [5.74, 6) is -0.654. The van der Waals surface area contributed by atoms with Crippen LogP contribution in [0.5, 0.6) is 0 Å². The van der Waals surface area contributed by atoms with Crippen molar-refractivity contribution in [3.05, 3.63) is 47.5 Å². The monoisotopic (exact) mass is 565 g/mol. The van der Waals surface area contributed by atoms with Crippen LogP contribution in [0, 0.1) is 5.82 Å². The minimum absolute atomic E-state index is 0.0153. The number of halogens is 1. The van der Waals surface area contributed by atoms with Gasteiger partial charge in [0.05, 0.1) is 50.1 Å². The highest BCUT2D eigenvalue weighted by Crippen LogP contribution is 2.24. The molecule has 5 rings (SSSR count). The molecule has 1 aromatic carbocycles. The van der Waals surface area contributed by atoms with Crippen LogP contribution in [0.25, 0.3) is 0 Å². The zero-order valence-electron chi connectivity index (χ0n) is 21.6. The van der Waals surface area contributed by atoms with Gasteiger partial charge in [0, 0.05) is 38.8 Å². The Morgan fingerprint density at radius 3 is 2.61 bits per heavy atom. The summed E-state index contributed by atoms with van der Waals surface area (Å²) in [6, 6.07) is 5.95. The molecule has 2 aromatic rings. The summed E-state index contributed by atoms with van der Waals surface area (Å²) in [6.07, 6.45) is 5.63. The number of nitrogens with zero attached hydrogens (tertiary/aromatic N) is 4. The molecule has 3 aliphatic rings. The third-order valence-electron chi connectivity index (χ3n) is 7.19. The predicted octanol–water partition coefficient (Wildman–Crippen LogP) is 2.35. The van der Waals surface area contributed by atoms with E-state index in [-0.39, 0.29) is 17.0 Å². The molecule has 2 saturated heterocycles. The maximum atomic E-state index is 13.5. The highest BCUT2D eigenvalue weighted by atomic mass is 32.2. The van der Waals surface area contributed by atoms with Crippen LogP contribution in [-0.2, 0) is 38.2 Å². The van der Waals surface area contributed by atoms with Crippen molar-refractivity contribution in [2.24, 2.45) is 0 Å². The van der Waals surface area contributed by atoms with Crippen LogP contribution in [0.2, 0.25) is 0 Å². The second-order valence-corrected chi connectivity index (χ2v) is 12.5. The standard InChI is InChI=1S/C26H36FN5O4S2/c27-21-5-3-20(4-6-21)19-38(33,34)26-28-16-23(32(26)18-24-2-1-13-36-24)17-31(25(37)29-22-7-8-22)10-9-30-11-14-35-15-12-30/h3-6,16,22,24H,1-2,7-15,17-19H2,(H,29,37). The van der Waals surface area contributed by atoms with Gasteiger partial charge in [-0.25, -0.2) is 17.8 Å². The smallest absolute Gasteiger partial charge is 0.228 e. The minimum Gasteiger partial charge on any atom is -0.379 e. The van der Waals surface area contributed by atoms with Crippen LogP contribution in [0.1, 0.15) is 36.9 Å². The number of aromatic nitrogens is 2. The first-order valence-electron chi connectivity index (χ1n) is 13.4. The van der Waals surface area contributed by atoms with E-state index in [1.165, 1.54) is 24.3 Å². The van der Waals surface area contributed by atoms with Crippen LogP contribution >= 0.6 is 12.2 Å². The van der Waals surface area contributed by atoms with E-state index in [9.17, 15) is 12.8 Å². The van der Waals surface area contributed by atoms with Gasteiger partial charge in [-0.1, -0.05) is 12.1 Å². The Morgan fingerprint density at radius 2 is 1.92 bits per heavy atom. The molecular formula is C26H36FN5O4S2. The Balaban J connectivity index is 1.38. The van der Waals surface area contributed by atoms with Gasteiger partial charge in [0.15, 0.2) is 5.11 Å². The fourth-order valence-electron chi connectivity index (χ4n) is 4.85. The summed E-state index contributed by atoms with van der Waals surface area (Å²) in [5.41, 5.74) is 1.29. The molecule has 12 heteroatoms. The second-order valence-electron chi connectivity index (χ2n) is 10.3. The molecule has 0 radical (unpaired) electrons. The normalized spacial score (nSPS) is 20.5. The predicted molar refractivity (Wildman–Crippen MR) is 145 cm³/mol. The number of morpholine rings is 1. The molecule has 208 valence electrons. The molecular weight excluding hydrogens is 529 g/mol. The Bertz CT molecular complexity index is 1190. The number of hydrogen-bond acceptors (Lipinski definition) is 7. The molecule has 0 amide bonds. The fraction of sp³-hybridized carbons (Fsp3) is 0.615. The third-order valence-corrected chi connectivity index (χ3v) is 9.17. The van der Waals surface area contributed by atoms with Gasteiger partial charge in [-0.3, -0.25) is 4.90 Å². The van der Waals surface area contributed by atoms with Crippen molar-refractivity contribution in [1.29, 1.82) is 0 Å². The summed E-state index contributed by atoms with van der Waals surface area (Å²) in [5, 5.41) is 4.14. The Morgan fingerprint density at radius 1 is 1.16 bits per heavy atom. The van der Waals surface area contributed by atoms with E-state index < -0.39 is 15.7 Å². The number of rotatable bonds is 11. The van der Waals surface area contributed by atoms with Crippen LogP contribution in [0.3, 0.4) is 0 Å². The van der Waals surface area contributed by atoms with E-state index in [0.29, 0.717) is 43.0 Å². The molecule has 38 heavy (non-hydrogen) atoms. The van der Waals surface area contributed by atoms with Crippen molar-refractivity contribution in [1.82, 2.24) is 24.7 Å². The zero-order valence-corrected chi connectivity index (χ0v) is 23.2. The molecule has 0 bridgehead atoms. The quantitative estimate of drug-likeness (QED) is 0.413. The molecule has 1 saturated carbocycles. The van der Waals surface area contributed by atoms with Crippen LogP contribution in [0.15, 0.2) is 35.6 Å². The zero-order chi connectivity index (χ0) is 26.5. The van der Waals surface area contributed by atoms with E-state index >= 15 is 0 Å². The van der Waals surface area contributed by atoms with E-state index in [2.05, 4.69) is 20.1 Å². The first-order chi connectivity index (χ1) is 18.4. The van der Waals surface area contributed by atoms with Crippen LogP contribution < -0.4 is 5.32 Å². The van der Waals surface area contributed by atoms with Crippen molar-refractivity contribution >= 4 is 27.2 Å². The lowest BCUT2D eigenvalue weighted by atomic mass is 10.2. The number of sulfone groups is 1. The van der Waals surface area contributed by atoms with Crippen LogP contribution in [0.4, 0.5) is 4.39 Å². The minimum atomic E-state index is -3.79. The Hall–Kier alpha value is -2.12. The average Bonchev–Trinajstić information content (AvgIpc) is 3.39. The maximum Gasteiger partial charge on any atom is 0.228 e. The molecule has 3 heterocycles. The summed E-state index contributed by atoms with van der Waals surface area (Å²) in [6.45, 7) is 6.31. The molecule has 0 spiro atoms. The highest BCUT2D eigenvalue weighted by Gasteiger charge is 2.29. The molecule has 2 aliphatic heterocycles. The average molecular weight is 566 g/mol. The number of thiocarbonyl (C=S) groups is 1. The highest BCUT2D eigenvalue weighted by molar-refractivity contribution is 7.90. The van der Waals surface area contributed by atoms with E-state index in [1.807, 2.05) is 0 Å². The summed E-state index contributed by atoms with van der Waals surface area (Å²) < 4.78 is 53.5. The number of hydrogen-bond donors (Lipinski definition) is 1. The first kappa shape index (κ1) is 27.4. The Kier molecular flexibility index (Phi) is 8.94. The van der Waals surface area contributed by atoms with Gasteiger partial charge in [0.2, 0.25) is 15.0 Å². The molecule has 1 aromatic heterocycles. The Labute approximate surface area is 229 Å². The van der Waals surface area contributed by atoms with Gasteiger partial charge in [-0.15, -0.1) is 0 Å². The van der Waals surface area contributed by atoms with Crippen LogP contribution in [-0.4, -0.2) is 91.0 Å². The lowest BCUT2D eigenvalue weighted by Crippen LogP contribution is -2.46. The lowest BCUT2D eigenvalue weighted by molar-refractivity contribution is 0.0356. The SMILES string of the molecule is O=S(=O)(Cc1ccc(F)cc1)c1ncc(CN(CCN2CCOCC2)C(=S)NC2CC2)n1CC1CCCO1. The van der Waals surface area contributed by atoms with Gasteiger partial charge in [0.1, 0.15) is 5.82 Å². The van der Waals surface area contributed by atoms with Gasteiger partial charge >= 0.3 is 0 Å². The fourth-order valence-corrected chi connectivity index (χ4v) is 6.67. The number of benzene rings is 1.